The number of H-pyrrole nitrogens is 1. The fourth-order valence-electron chi connectivity index (χ4n) is 3.35. The molecule has 1 aliphatic heterocycles. The van der Waals surface area contributed by atoms with E-state index in [0.29, 0.717) is 0 Å². The summed E-state index contributed by atoms with van der Waals surface area (Å²) >= 11 is 0. The summed E-state index contributed by atoms with van der Waals surface area (Å²) in [5.41, 5.74) is 3.05. The first kappa shape index (κ1) is 13.3. The zero-order valence-electron chi connectivity index (χ0n) is 12.3. The lowest BCUT2D eigenvalue weighted by Gasteiger charge is -2.16. The summed E-state index contributed by atoms with van der Waals surface area (Å²) < 4.78 is 1.89. The van der Waals surface area contributed by atoms with Crippen LogP contribution in [0.15, 0.2) is 53.6 Å². The number of imidazole rings is 1. The molecular weight excluding hydrogens is 276 g/mol. The minimum atomic E-state index is -0.0328. The van der Waals surface area contributed by atoms with Crippen molar-refractivity contribution in [2.45, 2.75) is 19.0 Å². The first-order valence-corrected chi connectivity index (χ1v) is 7.62. The Morgan fingerprint density at radius 2 is 2.09 bits per heavy atom. The number of likely N-dealkylation sites (tertiary alicyclic amines) is 1. The highest BCUT2D eigenvalue weighted by Crippen LogP contribution is 2.24. The summed E-state index contributed by atoms with van der Waals surface area (Å²) in [6, 6.07) is 12.6. The smallest absolute Gasteiger partial charge is 0.304 e. The lowest BCUT2D eigenvalue weighted by Crippen LogP contribution is -2.26. The Morgan fingerprint density at radius 3 is 2.95 bits per heavy atom. The normalized spacial score (nSPS) is 19.0. The van der Waals surface area contributed by atoms with Crippen molar-refractivity contribution in [3.05, 3.63) is 64.8 Å². The molecule has 1 aromatic carbocycles. The van der Waals surface area contributed by atoms with Crippen LogP contribution in [-0.4, -0.2) is 32.5 Å². The number of aromatic amines is 1. The number of aromatic nitrogens is 3. The molecule has 1 aliphatic rings. The van der Waals surface area contributed by atoms with Crippen LogP contribution in [0.5, 0.6) is 0 Å². The van der Waals surface area contributed by atoms with Crippen molar-refractivity contribution in [3.63, 3.8) is 0 Å². The molecule has 1 N–H and O–H groups in total. The molecular formula is C17H18N4O. The van der Waals surface area contributed by atoms with E-state index in [1.54, 1.807) is 12.4 Å². The first-order valence-electron chi connectivity index (χ1n) is 7.62. The van der Waals surface area contributed by atoms with Gasteiger partial charge in [-0.3, -0.25) is 14.5 Å². The Labute approximate surface area is 128 Å². The highest BCUT2D eigenvalue weighted by Gasteiger charge is 2.26. The van der Waals surface area contributed by atoms with E-state index in [9.17, 15) is 4.79 Å². The number of pyridine rings is 1. The largest absolute Gasteiger partial charge is 0.326 e. The predicted octanol–water partition coefficient (Wildman–Crippen LogP) is 2.17. The molecule has 5 nitrogen and oxygen atoms in total. The molecule has 1 fully saturated rings. The van der Waals surface area contributed by atoms with Gasteiger partial charge in [-0.2, -0.15) is 0 Å². The molecule has 2 aromatic heterocycles. The van der Waals surface area contributed by atoms with Crippen LogP contribution in [-0.2, 0) is 6.54 Å². The van der Waals surface area contributed by atoms with Gasteiger partial charge in [0.1, 0.15) is 0 Å². The van der Waals surface area contributed by atoms with Crippen molar-refractivity contribution >= 4 is 11.0 Å². The SMILES string of the molecule is O=c1[nH]c2cnccc2n1C1CCN(Cc2ccccc2)C1. The Hall–Kier alpha value is -2.40. The summed E-state index contributed by atoms with van der Waals surface area (Å²) in [7, 11) is 0. The van der Waals surface area contributed by atoms with Crippen molar-refractivity contribution in [1.82, 2.24) is 19.4 Å². The third-order valence-corrected chi connectivity index (χ3v) is 4.38. The molecule has 0 spiro atoms. The summed E-state index contributed by atoms with van der Waals surface area (Å²) in [6.07, 6.45) is 4.45. The van der Waals surface area contributed by atoms with Crippen molar-refractivity contribution < 1.29 is 0 Å². The fourth-order valence-corrected chi connectivity index (χ4v) is 3.35. The maximum absolute atomic E-state index is 12.3. The molecule has 112 valence electrons. The molecule has 3 heterocycles. The number of benzene rings is 1. The lowest BCUT2D eigenvalue weighted by molar-refractivity contribution is 0.316. The second-order valence-corrected chi connectivity index (χ2v) is 5.86. The summed E-state index contributed by atoms with van der Waals surface area (Å²) in [4.78, 5) is 21.6. The van der Waals surface area contributed by atoms with Gasteiger partial charge in [0, 0.05) is 25.8 Å². The lowest BCUT2D eigenvalue weighted by atomic mass is 10.2. The third-order valence-electron chi connectivity index (χ3n) is 4.38. The van der Waals surface area contributed by atoms with Crippen molar-refractivity contribution in [3.8, 4) is 0 Å². The zero-order valence-corrected chi connectivity index (χ0v) is 12.3. The van der Waals surface area contributed by atoms with Crippen molar-refractivity contribution in [2.75, 3.05) is 13.1 Å². The van der Waals surface area contributed by atoms with E-state index in [1.807, 2.05) is 16.7 Å². The maximum Gasteiger partial charge on any atom is 0.326 e. The number of hydrogen-bond donors (Lipinski definition) is 1. The van der Waals surface area contributed by atoms with Crippen LogP contribution in [0.3, 0.4) is 0 Å². The van der Waals surface area contributed by atoms with E-state index in [0.717, 1.165) is 37.1 Å². The van der Waals surface area contributed by atoms with E-state index in [2.05, 4.69) is 39.1 Å². The van der Waals surface area contributed by atoms with E-state index < -0.39 is 0 Å². The Morgan fingerprint density at radius 1 is 1.23 bits per heavy atom. The first-order chi connectivity index (χ1) is 10.8. The molecule has 5 heteroatoms. The monoisotopic (exact) mass is 294 g/mol. The van der Waals surface area contributed by atoms with Gasteiger partial charge in [-0.15, -0.1) is 0 Å². The summed E-state index contributed by atoms with van der Waals surface area (Å²) in [5, 5.41) is 0. The topological polar surface area (TPSA) is 53.9 Å². The average Bonchev–Trinajstić information content (AvgIpc) is 3.11. The van der Waals surface area contributed by atoms with Gasteiger partial charge in [-0.1, -0.05) is 30.3 Å². The van der Waals surface area contributed by atoms with Crippen molar-refractivity contribution in [1.29, 1.82) is 0 Å². The van der Waals surface area contributed by atoms with Crippen LogP contribution < -0.4 is 5.69 Å². The highest BCUT2D eigenvalue weighted by atomic mass is 16.1. The van der Waals surface area contributed by atoms with Gasteiger partial charge in [0.2, 0.25) is 0 Å². The van der Waals surface area contributed by atoms with Crippen LogP contribution in [0.25, 0.3) is 11.0 Å². The maximum atomic E-state index is 12.3. The molecule has 22 heavy (non-hydrogen) atoms. The van der Waals surface area contributed by atoms with Gasteiger partial charge in [0.25, 0.3) is 0 Å². The van der Waals surface area contributed by atoms with Crippen LogP contribution >= 0.6 is 0 Å². The summed E-state index contributed by atoms with van der Waals surface area (Å²) in [6.45, 7) is 2.86. The number of hydrogen-bond acceptors (Lipinski definition) is 3. The van der Waals surface area contributed by atoms with E-state index in [-0.39, 0.29) is 11.7 Å². The van der Waals surface area contributed by atoms with Gasteiger partial charge in [0.05, 0.1) is 23.3 Å². The van der Waals surface area contributed by atoms with E-state index in [1.165, 1.54) is 5.56 Å². The second-order valence-electron chi connectivity index (χ2n) is 5.86. The second kappa shape index (κ2) is 5.42. The molecule has 1 unspecified atom stereocenters. The minimum Gasteiger partial charge on any atom is -0.304 e. The van der Waals surface area contributed by atoms with Gasteiger partial charge in [-0.25, -0.2) is 4.79 Å². The Kier molecular flexibility index (Phi) is 3.27. The number of nitrogens with zero attached hydrogens (tertiary/aromatic N) is 3. The van der Waals surface area contributed by atoms with Gasteiger partial charge in [0.15, 0.2) is 0 Å². The van der Waals surface area contributed by atoms with Gasteiger partial charge < -0.3 is 4.98 Å². The number of fused-ring (bicyclic) bond motifs is 1. The average molecular weight is 294 g/mol. The van der Waals surface area contributed by atoms with Crippen LogP contribution in [0.4, 0.5) is 0 Å². The van der Waals surface area contributed by atoms with Gasteiger partial charge in [-0.05, 0) is 18.1 Å². The minimum absolute atomic E-state index is 0.0328. The molecule has 4 rings (SSSR count). The molecule has 0 bridgehead atoms. The van der Waals surface area contributed by atoms with Crippen LogP contribution in [0, 0.1) is 0 Å². The highest BCUT2D eigenvalue weighted by molar-refractivity contribution is 5.73. The molecule has 3 aromatic rings. The van der Waals surface area contributed by atoms with Crippen LogP contribution in [0.1, 0.15) is 18.0 Å². The zero-order chi connectivity index (χ0) is 14.9. The molecule has 0 radical (unpaired) electrons. The van der Waals surface area contributed by atoms with Crippen molar-refractivity contribution in [2.24, 2.45) is 0 Å². The molecule has 0 aliphatic carbocycles. The Balaban J connectivity index is 1.57. The van der Waals surface area contributed by atoms with Gasteiger partial charge >= 0.3 is 5.69 Å². The standard InChI is InChI=1S/C17H18N4O/c22-17-19-15-10-18-8-6-16(15)21(17)14-7-9-20(12-14)11-13-4-2-1-3-5-13/h1-6,8,10,14H,7,9,11-12H2,(H,19,22). The molecule has 1 atom stereocenters. The quantitative estimate of drug-likeness (QED) is 0.805. The number of rotatable bonds is 3. The summed E-state index contributed by atoms with van der Waals surface area (Å²) in [5.74, 6) is 0. The van der Waals surface area contributed by atoms with Crippen LogP contribution in [0.2, 0.25) is 0 Å². The fraction of sp³-hybridized carbons (Fsp3) is 0.294. The Bertz CT molecular complexity index is 836. The van der Waals surface area contributed by atoms with E-state index >= 15 is 0 Å². The number of nitrogens with one attached hydrogen (secondary N) is 1. The molecule has 0 amide bonds. The third kappa shape index (κ3) is 2.33. The molecule has 0 saturated carbocycles. The predicted molar refractivity (Wildman–Crippen MR) is 85.7 cm³/mol. The van der Waals surface area contributed by atoms with E-state index in [4.69, 9.17) is 0 Å². The molecule has 1 saturated heterocycles.